The summed E-state index contributed by atoms with van der Waals surface area (Å²) in [5.74, 6) is -1.35. The van der Waals surface area contributed by atoms with Crippen molar-refractivity contribution in [1.82, 2.24) is 0 Å². The van der Waals surface area contributed by atoms with Gasteiger partial charge in [0.1, 0.15) is 22.3 Å². The molecule has 0 saturated carbocycles. The Labute approximate surface area is 92.5 Å². The summed E-state index contributed by atoms with van der Waals surface area (Å²) in [5.41, 5.74) is 5.35. The molecule has 1 rings (SSSR count). The lowest BCUT2D eigenvalue weighted by Crippen LogP contribution is -2.12. The molecule has 0 unspecified atom stereocenters. The van der Waals surface area contributed by atoms with Gasteiger partial charge < -0.3 is 11.1 Å². The van der Waals surface area contributed by atoms with E-state index >= 15 is 0 Å². The zero-order valence-corrected chi connectivity index (χ0v) is 9.13. The molecule has 0 saturated heterocycles. The standard InChI is InChI=1S/C10H12F2N2S/c1-2-3-14-9-7(11)4-6(10(13)15)5-8(9)12/h4-5,14H,2-3H2,1H3,(H2,13,15). The van der Waals surface area contributed by atoms with E-state index in [0.717, 1.165) is 18.6 Å². The van der Waals surface area contributed by atoms with Crippen molar-refractivity contribution in [2.45, 2.75) is 13.3 Å². The van der Waals surface area contributed by atoms with Gasteiger partial charge in [-0.25, -0.2) is 8.78 Å². The van der Waals surface area contributed by atoms with Crippen molar-refractivity contribution in [3.63, 3.8) is 0 Å². The Kier molecular flexibility index (Phi) is 3.96. The van der Waals surface area contributed by atoms with Crippen LogP contribution in [0.1, 0.15) is 18.9 Å². The quantitative estimate of drug-likeness (QED) is 0.780. The van der Waals surface area contributed by atoms with Crippen molar-refractivity contribution < 1.29 is 8.78 Å². The molecule has 1 aromatic rings. The molecule has 0 radical (unpaired) electrons. The zero-order chi connectivity index (χ0) is 11.4. The van der Waals surface area contributed by atoms with E-state index in [-0.39, 0.29) is 16.2 Å². The highest BCUT2D eigenvalue weighted by Crippen LogP contribution is 2.20. The molecule has 0 aliphatic carbocycles. The van der Waals surface area contributed by atoms with E-state index in [9.17, 15) is 8.78 Å². The van der Waals surface area contributed by atoms with Crippen LogP contribution in [0, 0.1) is 11.6 Å². The summed E-state index contributed by atoms with van der Waals surface area (Å²) in [4.78, 5) is -0.0187. The van der Waals surface area contributed by atoms with E-state index in [4.69, 9.17) is 5.73 Å². The first-order valence-electron chi connectivity index (χ1n) is 4.59. The Morgan fingerprint density at radius 3 is 2.33 bits per heavy atom. The van der Waals surface area contributed by atoms with Crippen LogP contribution in [0.2, 0.25) is 0 Å². The van der Waals surface area contributed by atoms with Crippen molar-refractivity contribution >= 4 is 22.9 Å². The van der Waals surface area contributed by atoms with Gasteiger partial charge in [-0.15, -0.1) is 0 Å². The van der Waals surface area contributed by atoms with E-state index in [2.05, 4.69) is 17.5 Å². The normalized spacial score (nSPS) is 10.1. The molecular weight excluding hydrogens is 218 g/mol. The number of nitrogens with one attached hydrogen (secondary N) is 1. The van der Waals surface area contributed by atoms with Crippen LogP contribution in [-0.4, -0.2) is 11.5 Å². The third-order valence-electron chi connectivity index (χ3n) is 1.88. The maximum Gasteiger partial charge on any atom is 0.150 e. The molecule has 0 fully saturated rings. The summed E-state index contributed by atoms with van der Waals surface area (Å²) in [6.07, 6.45) is 0.788. The maximum atomic E-state index is 13.4. The van der Waals surface area contributed by atoms with Crippen LogP contribution in [0.15, 0.2) is 12.1 Å². The Bertz CT molecular complexity index is 357. The average molecular weight is 230 g/mol. The Hall–Kier alpha value is -1.23. The molecule has 1 aromatic carbocycles. The van der Waals surface area contributed by atoms with Gasteiger partial charge in [-0.05, 0) is 18.6 Å². The highest BCUT2D eigenvalue weighted by Gasteiger charge is 2.11. The van der Waals surface area contributed by atoms with Gasteiger partial charge in [0, 0.05) is 12.1 Å². The van der Waals surface area contributed by atoms with Crippen molar-refractivity contribution in [1.29, 1.82) is 0 Å². The summed E-state index contributed by atoms with van der Waals surface area (Å²) >= 11 is 4.64. The summed E-state index contributed by atoms with van der Waals surface area (Å²) in [6.45, 7) is 2.42. The van der Waals surface area contributed by atoms with Gasteiger partial charge in [-0.3, -0.25) is 0 Å². The summed E-state index contributed by atoms with van der Waals surface area (Å²) in [6, 6.07) is 2.26. The van der Waals surface area contributed by atoms with Crippen molar-refractivity contribution in [2.24, 2.45) is 5.73 Å². The number of nitrogens with two attached hydrogens (primary N) is 1. The average Bonchev–Trinajstić information content (AvgIpc) is 2.16. The molecule has 0 atom stereocenters. The van der Waals surface area contributed by atoms with E-state index in [0.29, 0.717) is 6.54 Å². The van der Waals surface area contributed by atoms with E-state index in [1.165, 1.54) is 0 Å². The minimum atomic E-state index is -0.675. The molecule has 3 N–H and O–H groups in total. The fourth-order valence-corrected chi connectivity index (χ4v) is 1.25. The second-order valence-electron chi connectivity index (χ2n) is 3.11. The van der Waals surface area contributed by atoms with Gasteiger partial charge in [0.05, 0.1) is 0 Å². The number of rotatable bonds is 4. The summed E-state index contributed by atoms with van der Waals surface area (Å²) in [5, 5.41) is 2.66. The monoisotopic (exact) mass is 230 g/mol. The third-order valence-corrected chi connectivity index (χ3v) is 2.11. The lowest BCUT2D eigenvalue weighted by Gasteiger charge is -2.09. The lowest BCUT2D eigenvalue weighted by molar-refractivity contribution is 0.587. The number of hydrogen-bond donors (Lipinski definition) is 2. The van der Waals surface area contributed by atoms with Crippen molar-refractivity contribution in [3.8, 4) is 0 Å². The fraction of sp³-hybridized carbons (Fsp3) is 0.300. The first kappa shape index (κ1) is 11.8. The Morgan fingerprint density at radius 1 is 1.40 bits per heavy atom. The number of benzene rings is 1. The predicted molar refractivity (Wildman–Crippen MR) is 61.0 cm³/mol. The van der Waals surface area contributed by atoms with Crippen LogP contribution in [0.3, 0.4) is 0 Å². The molecule has 0 heterocycles. The first-order chi connectivity index (χ1) is 7.06. The Morgan fingerprint density at radius 2 is 1.93 bits per heavy atom. The Balaban J connectivity index is 3.04. The molecule has 0 spiro atoms. The molecule has 0 aliphatic rings. The van der Waals surface area contributed by atoms with Crippen LogP contribution in [0.25, 0.3) is 0 Å². The van der Waals surface area contributed by atoms with Crippen LogP contribution in [0.5, 0.6) is 0 Å². The van der Waals surface area contributed by atoms with Crippen LogP contribution in [0.4, 0.5) is 14.5 Å². The van der Waals surface area contributed by atoms with Gasteiger partial charge in [0.2, 0.25) is 0 Å². The van der Waals surface area contributed by atoms with Crippen LogP contribution in [-0.2, 0) is 0 Å². The zero-order valence-electron chi connectivity index (χ0n) is 8.31. The van der Waals surface area contributed by atoms with Gasteiger partial charge in [-0.1, -0.05) is 19.1 Å². The smallest absolute Gasteiger partial charge is 0.150 e. The largest absolute Gasteiger partial charge is 0.389 e. The van der Waals surface area contributed by atoms with Crippen LogP contribution < -0.4 is 11.1 Å². The predicted octanol–water partition coefficient (Wildman–Crippen LogP) is 2.42. The second kappa shape index (κ2) is 5.02. The summed E-state index contributed by atoms with van der Waals surface area (Å²) < 4.78 is 26.8. The molecule has 0 aliphatic heterocycles. The molecule has 0 bridgehead atoms. The number of hydrogen-bond acceptors (Lipinski definition) is 2. The highest BCUT2D eigenvalue weighted by molar-refractivity contribution is 7.80. The van der Waals surface area contributed by atoms with Crippen molar-refractivity contribution in [2.75, 3.05) is 11.9 Å². The highest BCUT2D eigenvalue weighted by atomic mass is 32.1. The van der Waals surface area contributed by atoms with Gasteiger partial charge >= 0.3 is 0 Å². The van der Waals surface area contributed by atoms with E-state index in [1.54, 1.807) is 0 Å². The topological polar surface area (TPSA) is 38.0 Å². The van der Waals surface area contributed by atoms with E-state index in [1.807, 2.05) is 6.92 Å². The molecule has 0 amide bonds. The SMILES string of the molecule is CCCNc1c(F)cc(C(N)=S)cc1F. The van der Waals surface area contributed by atoms with Crippen molar-refractivity contribution in [3.05, 3.63) is 29.3 Å². The van der Waals surface area contributed by atoms with E-state index < -0.39 is 11.6 Å². The second-order valence-corrected chi connectivity index (χ2v) is 3.55. The number of thiocarbonyl (C=S) groups is 1. The molecular formula is C10H12F2N2S. The first-order valence-corrected chi connectivity index (χ1v) is 4.99. The van der Waals surface area contributed by atoms with Gasteiger partial charge in [0.15, 0.2) is 0 Å². The van der Waals surface area contributed by atoms with Gasteiger partial charge in [-0.2, -0.15) is 0 Å². The van der Waals surface area contributed by atoms with Crippen LogP contribution >= 0.6 is 12.2 Å². The minimum Gasteiger partial charge on any atom is -0.389 e. The molecule has 82 valence electrons. The minimum absolute atomic E-state index is 0.0187. The van der Waals surface area contributed by atoms with Gasteiger partial charge in [0.25, 0.3) is 0 Å². The maximum absolute atomic E-state index is 13.4. The summed E-state index contributed by atoms with van der Waals surface area (Å²) in [7, 11) is 0. The third kappa shape index (κ3) is 2.86. The molecule has 0 aromatic heterocycles. The lowest BCUT2D eigenvalue weighted by atomic mass is 10.2. The fourth-order valence-electron chi connectivity index (χ4n) is 1.13. The number of halogens is 2. The molecule has 5 heteroatoms. The molecule has 2 nitrogen and oxygen atoms in total. The molecule has 15 heavy (non-hydrogen) atoms. The number of anilines is 1.